The summed E-state index contributed by atoms with van der Waals surface area (Å²) in [6, 6.07) is 8.21. The van der Waals surface area contributed by atoms with Crippen molar-refractivity contribution in [2.24, 2.45) is 0 Å². The molecule has 2 aromatic rings. The van der Waals surface area contributed by atoms with Gasteiger partial charge < -0.3 is 5.11 Å². The van der Waals surface area contributed by atoms with Crippen molar-refractivity contribution in [1.82, 2.24) is 0 Å². The van der Waals surface area contributed by atoms with Crippen LogP contribution < -0.4 is 0 Å². The van der Waals surface area contributed by atoms with Crippen LogP contribution in [0.1, 0.15) is 29.2 Å². The molecule has 0 heterocycles. The first-order chi connectivity index (χ1) is 9.21. The van der Waals surface area contributed by atoms with E-state index in [0.717, 1.165) is 11.1 Å². The van der Waals surface area contributed by atoms with E-state index in [4.69, 9.17) is 23.2 Å². The molecular formula is C16H15Cl2FO. The van der Waals surface area contributed by atoms with Crippen LogP contribution in [0.2, 0.25) is 10.0 Å². The molecule has 0 aliphatic heterocycles. The van der Waals surface area contributed by atoms with Gasteiger partial charge in [0.1, 0.15) is 11.4 Å². The SMILES string of the molecule is Cc1cc(C)cc(C(C)(O)c2cc(F)c(Cl)cc2Cl)c1. The van der Waals surface area contributed by atoms with Crippen molar-refractivity contribution in [1.29, 1.82) is 0 Å². The van der Waals surface area contributed by atoms with E-state index in [1.165, 1.54) is 12.1 Å². The number of halogens is 3. The Bertz CT molecular complexity index is 646. The Balaban J connectivity index is 2.62. The van der Waals surface area contributed by atoms with E-state index in [1.54, 1.807) is 6.92 Å². The fourth-order valence-electron chi connectivity index (χ4n) is 2.31. The molecule has 2 rings (SSSR count). The van der Waals surface area contributed by atoms with Gasteiger partial charge >= 0.3 is 0 Å². The summed E-state index contributed by atoms with van der Waals surface area (Å²) in [5.74, 6) is -0.601. The monoisotopic (exact) mass is 312 g/mol. The molecule has 106 valence electrons. The Morgan fingerprint density at radius 1 is 0.950 bits per heavy atom. The van der Waals surface area contributed by atoms with Crippen molar-refractivity contribution in [2.45, 2.75) is 26.4 Å². The molecule has 4 heteroatoms. The lowest BCUT2D eigenvalue weighted by Crippen LogP contribution is -2.24. The standard InChI is InChI=1S/C16H15Cl2FO/c1-9-4-10(2)6-11(5-9)16(3,20)12-7-15(19)14(18)8-13(12)17/h4-8,20H,1-3H3. The third-order valence-corrected chi connectivity index (χ3v) is 3.92. The summed E-state index contributed by atoms with van der Waals surface area (Å²) in [4.78, 5) is 0. The van der Waals surface area contributed by atoms with E-state index in [1.807, 2.05) is 32.0 Å². The van der Waals surface area contributed by atoms with Crippen molar-refractivity contribution < 1.29 is 9.50 Å². The van der Waals surface area contributed by atoms with Crippen molar-refractivity contribution in [3.05, 3.63) is 68.4 Å². The average molecular weight is 313 g/mol. The molecule has 0 aliphatic rings. The molecule has 0 aromatic heterocycles. The van der Waals surface area contributed by atoms with Crippen LogP contribution in [0, 0.1) is 19.7 Å². The molecule has 0 amide bonds. The zero-order valence-electron chi connectivity index (χ0n) is 11.5. The molecule has 0 radical (unpaired) electrons. The maximum absolute atomic E-state index is 13.7. The first kappa shape index (κ1) is 15.3. The number of aryl methyl sites for hydroxylation is 2. The highest BCUT2D eigenvalue weighted by molar-refractivity contribution is 6.35. The van der Waals surface area contributed by atoms with Crippen LogP contribution in [-0.4, -0.2) is 5.11 Å². The molecule has 1 atom stereocenters. The molecule has 0 aliphatic carbocycles. The predicted molar refractivity (Wildman–Crippen MR) is 81.0 cm³/mol. The van der Waals surface area contributed by atoms with Crippen LogP contribution in [0.4, 0.5) is 4.39 Å². The molecule has 0 saturated heterocycles. The largest absolute Gasteiger partial charge is 0.381 e. The Labute approximate surface area is 128 Å². The van der Waals surface area contributed by atoms with Gasteiger partial charge in [-0.3, -0.25) is 0 Å². The molecule has 0 spiro atoms. The van der Waals surface area contributed by atoms with Gasteiger partial charge in [-0.05, 0) is 38.5 Å². The highest BCUT2D eigenvalue weighted by atomic mass is 35.5. The normalized spacial score (nSPS) is 14.2. The van der Waals surface area contributed by atoms with Crippen molar-refractivity contribution in [2.75, 3.05) is 0 Å². The zero-order valence-corrected chi connectivity index (χ0v) is 13.0. The van der Waals surface area contributed by atoms with E-state index in [0.29, 0.717) is 11.1 Å². The van der Waals surface area contributed by atoms with Gasteiger partial charge in [-0.2, -0.15) is 0 Å². The highest BCUT2D eigenvalue weighted by Crippen LogP contribution is 2.37. The molecule has 1 unspecified atom stereocenters. The average Bonchev–Trinajstić information content (AvgIpc) is 2.32. The summed E-state index contributed by atoms with van der Waals surface area (Å²) in [7, 11) is 0. The molecule has 1 N–H and O–H groups in total. The lowest BCUT2D eigenvalue weighted by molar-refractivity contribution is 0.102. The minimum Gasteiger partial charge on any atom is -0.381 e. The van der Waals surface area contributed by atoms with E-state index < -0.39 is 11.4 Å². The number of hydrogen-bond donors (Lipinski definition) is 1. The maximum Gasteiger partial charge on any atom is 0.142 e. The number of hydrogen-bond acceptors (Lipinski definition) is 1. The van der Waals surface area contributed by atoms with Crippen LogP contribution >= 0.6 is 23.2 Å². The van der Waals surface area contributed by atoms with Crippen LogP contribution in [0.15, 0.2) is 30.3 Å². The molecule has 0 bridgehead atoms. The summed E-state index contributed by atoms with van der Waals surface area (Å²) in [5.41, 5.74) is 1.61. The zero-order chi connectivity index (χ0) is 15.1. The maximum atomic E-state index is 13.7. The van der Waals surface area contributed by atoms with Crippen LogP contribution in [0.3, 0.4) is 0 Å². The quantitative estimate of drug-likeness (QED) is 0.773. The predicted octanol–water partition coefficient (Wildman–Crippen LogP) is 5.01. The summed E-state index contributed by atoms with van der Waals surface area (Å²) in [6.07, 6.45) is 0. The van der Waals surface area contributed by atoms with Crippen LogP contribution in [0.25, 0.3) is 0 Å². The number of benzene rings is 2. The molecular weight excluding hydrogens is 298 g/mol. The Hall–Kier alpha value is -1.09. The number of rotatable bonds is 2. The second-order valence-corrected chi connectivity index (χ2v) is 6.01. The second kappa shape index (κ2) is 5.36. The van der Waals surface area contributed by atoms with Crippen LogP contribution in [0.5, 0.6) is 0 Å². The Morgan fingerprint density at radius 2 is 1.50 bits per heavy atom. The minimum absolute atomic E-state index is 0.0602. The highest BCUT2D eigenvalue weighted by Gasteiger charge is 2.29. The summed E-state index contributed by atoms with van der Waals surface area (Å²) in [6.45, 7) is 5.48. The smallest absolute Gasteiger partial charge is 0.142 e. The van der Waals surface area contributed by atoms with Gasteiger partial charge in [0.15, 0.2) is 0 Å². The van der Waals surface area contributed by atoms with Gasteiger partial charge in [-0.15, -0.1) is 0 Å². The summed E-state index contributed by atoms with van der Waals surface area (Å²) < 4.78 is 13.7. The molecule has 0 fully saturated rings. The van der Waals surface area contributed by atoms with Crippen molar-refractivity contribution >= 4 is 23.2 Å². The van der Waals surface area contributed by atoms with Crippen molar-refractivity contribution in [3.8, 4) is 0 Å². The summed E-state index contributed by atoms with van der Waals surface area (Å²) >= 11 is 11.8. The summed E-state index contributed by atoms with van der Waals surface area (Å²) in [5, 5.41) is 11.0. The van der Waals surface area contributed by atoms with Crippen molar-refractivity contribution in [3.63, 3.8) is 0 Å². The third kappa shape index (κ3) is 2.83. The van der Waals surface area contributed by atoms with E-state index in [-0.39, 0.29) is 10.0 Å². The first-order valence-electron chi connectivity index (χ1n) is 6.18. The molecule has 20 heavy (non-hydrogen) atoms. The van der Waals surface area contributed by atoms with Gasteiger partial charge in [0.2, 0.25) is 0 Å². The van der Waals surface area contributed by atoms with E-state index >= 15 is 0 Å². The first-order valence-corrected chi connectivity index (χ1v) is 6.93. The van der Waals surface area contributed by atoms with Crippen LogP contribution in [-0.2, 0) is 5.60 Å². The minimum atomic E-state index is -1.39. The molecule has 2 aromatic carbocycles. The molecule has 0 saturated carbocycles. The van der Waals surface area contributed by atoms with E-state index in [2.05, 4.69) is 0 Å². The third-order valence-electron chi connectivity index (χ3n) is 3.32. The lowest BCUT2D eigenvalue weighted by atomic mass is 9.86. The number of aliphatic hydroxyl groups is 1. The Kier molecular flexibility index (Phi) is 4.10. The van der Waals surface area contributed by atoms with E-state index in [9.17, 15) is 9.50 Å². The Morgan fingerprint density at radius 3 is 2.05 bits per heavy atom. The van der Waals surface area contributed by atoms with Gasteiger partial charge in [0.25, 0.3) is 0 Å². The topological polar surface area (TPSA) is 20.2 Å². The van der Waals surface area contributed by atoms with Gasteiger partial charge in [-0.25, -0.2) is 4.39 Å². The van der Waals surface area contributed by atoms with Gasteiger partial charge in [0.05, 0.1) is 5.02 Å². The van der Waals surface area contributed by atoms with Gasteiger partial charge in [-0.1, -0.05) is 52.5 Å². The second-order valence-electron chi connectivity index (χ2n) is 5.19. The lowest BCUT2D eigenvalue weighted by Gasteiger charge is -2.26. The fourth-order valence-corrected chi connectivity index (χ4v) is 2.87. The molecule has 1 nitrogen and oxygen atoms in total. The fraction of sp³-hybridized carbons (Fsp3) is 0.250. The van der Waals surface area contributed by atoms with Gasteiger partial charge in [0, 0.05) is 10.6 Å².